The van der Waals surface area contributed by atoms with E-state index < -0.39 is 0 Å². The Morgan fingerprint density at radius 1 is 1.10 bits per heavy atom. The topological polar surface area (TPSA) is 49.2 Å². The Balaban J connectivity index is 0.00000400. The van der Waals surface area contributed by atoms with Gasteiger partial charge in [0.25, 0.3) is 0 Å². The summed E-state index contributed by atoms with van der Waals surface area (Å²) in [7, 11) is 4.02. The van der Waals surface area contributed by atoms with Crippen molar-refractivity contribution in [1.82, 2.24) is 0 Å². The van der Waals surface area contributed by atoms with Crippen LogP contribution >= 0.6 is 0 Å². The second kappa shape index (κ2) is 10.3. The van der Waals surface area contributed by atoms with E-state index in [-0.39, 0.29) is 18.4 Å². The van der Waals surface area contributed by atoms with Gasteiger partial charge < -0.3 is 31.5 Å². The van der Waals surface area contributed by atoms with E-state index in [2.05, 4.69) is 0 Å². The fraction of sp³-hybridized carbons (Fsp3) is 0.533. The minimum Gasteiger partial charge on any atom is -1.00 e. The predicted octanol–water partition coefficient (Wildman–Crippen LogP) is -2.21. The average Bonchev–Trinajstić information content (AvgIpc) is 2.40. The normalized spacial score (nSPS) is 9.95. The molecule has 1 rings (SSSR count). The number of halogens is 1. The summed E-state index contributed by atoms with van der Waals surface area (Å²) in [5.41, 5.74) is 0.477. The molecule has 0 saturated heterocycles. The SMILES string of the molecule is CCOc1ccc(C(=O)OCC[NH+](C)C)cc1OCC.[Cl-]. The lowest BCUT2D eigenvalue weighted by Crippen LogP contribution is -3.06. The maximum absolute atomic E-state index is 11.9. The molecular weight excluding hydrogens is 294 g/mol. The molecule has 0 unspecified atom stereocenters. The third-order valence-corrected chi connectivity index (χ3v) is 2.61. The van der Waals surface area contributed by atoms with Crippen LogP contribution in [0.2, 0.25) is 0 Å². The number of quaternary nitrogens is 1. The van der Waals surface area contributed by atoms with Crippen LogP contribution in [-0.4, -0.2) is 46.4 Å². The average molecular weight is 318 g/mol. The number of carbonyl (C=O) groups is 1. The monoisotopic (exact) mass is 317 g/mol. The summed E-state index contributed by atoms with van der Waals surface area (Å²) in [4.78, 5) is 13.2. The summed E-state index contributed by atoms with van der Waals surface area (Å²) in [6.07, 6.45) is 0. The van der Waals surface area contributed by atoms with Gasteiger partial charge in [0.05, 0.1) is 32.9 Å². The summed E-state index contributed by atoms with van der Waals surface area (Å²) in [5, 5.41) is 0. The standard InChI is InChI=1S/C15H23NO4.ClH/c1-5-18-13-8-7-12(11-14(13)19-6-2)15(17)20-10-9-16(3)4;/h7-8,11H,5-6,9-10H2,1-4H3;1H. The highest BCUT2D eigenvalue weighted by Gasteiger charge is 2.13. The number of benzene rings is 1. The lowest BCUT2D eigenvalue weighted by Gasteiger charge is -2.12. The second-order valence-electron chi connectivity index (χ2n) is 4.62. The summed E-state index contributed by atoms with van der Waals surface area (Å²) in [6.45, 7) is 6.04. The summed E-state index contributed by atoms with van der Waals surface area (Å²) in [6, 6.07) is 5.10. The van der Waals surface area contributed by atoms with Gasteiger partial charge in [-0.15, -0.1) is 0 Å². The molecule has 5 nitrogen and oxygen atoms in total. The van der Waals surface area contributed by atoms with Crippen LogP contribution in [0.4, 0.5) is 0 Å². The molecule has 0 aromatic heterocycles. The number of ether oxygens (including phenoxy) is 3. The smallest absolute Gasteiger partial charge is 0.338 e. The molecule has 0 radical (unpaired) electrons. The van der Waals surface area contributed by atoms with E-state index in [0.29, 0.717) is 36.9 Å². The first-order valence-corrected chi connectivity index (χ1v) is 6.94. The van der Waals surface area contributed by atoms with Crippen molar-refractivity contribution >= 4 is 5.97 Å². The summed E-state index contributed by atoms with van der Waals surface area (Å²) in [5.74, 6) is 0.876. The highest BCUT2D eigenvalue weighted by Crippen LogP contribution is 2.28. The minimum absolute atomic E-state index is 0. The third kappa shape index (κ3) is 6.69. The molecule has 0 bridgehead atoms. The van der Waals surface area contributed by atoms with Crippen LogP contribution in [0.15, 0.2) is 18.2 Å². The highest BCUT2D eigenvalue weighted by atomic mass is 35.5. The molecule has 0 saturated carbocycles. The van der Waals surface area contributed by atoms with Crippen LogP contribution in [0.3, 0.4) is 0 Å². The molecule has 0 fully saturated rings. The lowest BCUT2D eigenvalue weighted by molar-refractivity contribution is -0.858. The van der Waals surface area contributed by atoms with E-state index in [1.54, 1.807) is 18.2 Å². The van der Waals surface area contributed by atoms with Gasteiger partial charge in [-0.05, 0) is 32.0 Å². The Morgan fingerprint density at radius 3 is 2.29 bits per heavy atom. The van der Waals surface area contributed by atoms with Crippen LogP contribution in [0.1, 0.15) is 24.2 Å². The zero-order valence-electron chi connectivity index (χ0n) is 13.1. The van der Waals surface area contributed by atoms with Crippen LogP contribution < -0.4 is 26.8 Å². The highest BCUT2D eigenvalue weighted by molar-refractivity contribution is 5.90. The molecule has 0 atom stereocenters. The molecule has 6 heteroatoms. The van der Waals surface area contributed by atoms with Crippen molar-refractivity contribution in [3.05, 3.63) is 23.8 Å². The maximum Gasteiger partial charge on any atom is 0.338 e. The van der Waals surface area contributed by atoms with E-state index in [0.717, 1.165) is 6.54 Å². The van der Waals surface area contributed by atoms with Gasteiger partial charge in [0.2, 0.25) is 0 Å². The van der Waals surface area contributed by atoms with Crippen LogP contribution in [0.5, 0.6) is 11.5 Å². The number of rotatable bonds is 8. The predicted molar refractivity (Wildman–Crippen MR) is 76.7 cm³/mol. The van der Waals surface area contributed by atoms with Crippen LogP contribution in [0.25, 0.3) is 0 Å². The van der Waals surface area contributed by atoms with Gasteiger partial charge in [-0.2, -0.15) is 0 Å². The van der Waals surface area contributed by atoms with Gasteiger partial charge in [-0.1, -0.05) is 0 Å². The molecule has 1 aromatic rings. The number of hydrogen-bond donors (Lipinski definition) is 1. The van der Waals surface area contributed by atoms with E-state index in [9.17, 15) is 4.79 Å². The van der Waals surface area contributed by atoms with Gasteiger partial charge in [0, 0.05) is 0 Å². The molecule has 0 amide bonds. The molecule has 0 aliphatic rings. The number of carbonyl (C=O) groups excluding carboxylic acids is 1. The Hall–Kier alpha value is -1.46. The summed E-state index contributed by atoms with van der Waals surface area (Å²) >= 11 is 0. The number of esters is 1. The van der Waals surface area contributed by atoms with Crippen LogP contribution in [0, 0.1) is 0 Å². The molecular formula is C15H24ClNO4. The first-order chi connectivity index (χ1) is 9.58. The van der Waals surface area contributed by atoms with Crippen molar-refractivity contribution in [2.24, 2.45) is 0 Å². The van der Waals surface area contributed by atoms with E-state index in [4.69, 9.17) is 14.2 Å². The van der Waals surface area contributed by atoms with Crippen molar-refractivity contribution in [2.75, 3.05) is 40.5 Å². The second-order valence-corrected chi connectivity index (χ2v) is 4.62. The molecule has 0 aliphatic carbocycles. The Kier molecular flexibility index (Phi) is 9.58. The van der Waals surface area contributed by atoms with Crippen molar-refractivity contribution < 1.29 is 36.3 Å². The Labute approximate surface area is 132 Å². The molecule has 21 heavy (non-hydrogen) atoms. The number of hydrogen-bond acceptors (Lipinski definition) is 4. The molecule has 1 aromatic carbocycles. The van der Waals surface area contributed by atoms with Gasteiger partial charge >= 0.3 is 5.97 Å². The molecule has 120 valence electrons. The van der Waals surface area contributed by atoms with Crippen LogP contribution in [-0.2, 0) is 4.74 Å². The molecule has 0 spiro atoms. The van der Waals surface area contributed by atoms with Crippen molar-refractivity contribution in [3.8, 4) is 11.5 Å². The zero-order valence-corrected chi connectivity index (χ0v) is 13.8. The van der Waals surface area contributed by atoms with Crippen molar-refractivity contribution in [3.63, 3.8) is 0 Å². The molecule has 0 aliphatic heterocycles. The molecule has 1 N–H and O–H groups in total. The van der Waals surface area contributed by atoms with E-state index >= 15 is 0 Å². The largest absolute Gasteiger partial charge is 1.00 e. The van der Waals surface area contributed by atoms with Gasteiger partial charge in [0.1, 0.15) is 13.2 Å². The van der Waals surface area contributed by atoms with Crippen molar-refractivity contribution in [2.45, 2.75) is 13.8 Å². The quantitative estimate of drug-likeness (QED) is 0.552. The van der Waals surface area contributed by atoms with Gasteiger partial charge in [0.15, 0.2) is 11.5 Å². The summed E-state index contributed by atoms with van der Waals surface area (Å²) < 4.78 is 16.2. The first-order valence-electron chi connectivity index (χ1n) is 6.94. The van der Waals surface area contributed by atoms with Gasteiger partial charge in [-0.25, -0.2) is 4.79 Å². The Bertz CT molecular complexity index is 438. The fourth-order valence-corrected chi connectivity index (χ4v) is 1.61. The Morgan fingerprint density at radius 2 is 1.71 bits per heavy atom. The first kappa shape index (κ1) is 19.5. The third-order valence-electron chi connectivity index (χ3n) is 2.61. The maximum atomic E-state index is 11.9. The van der Waals surface area contributed by atoms with Gasteiger partial charge in [-0.3, -0.25) is 0 Å². The lowest BCUT2D eigenvalue weighted by atomic mass is 10.2. The minimum atomic E-state index is -0.338. The number of nitrogens with one attached hydrogen (secondary N) is 1. The van der Waals surface area contributed by atoms with Crippen molar-refractivity contribution in [1.29, 1.82) is 0 Å². The molecule has 0 heterocycles. The van der Waals surface area contributed by atoms with E-state index in [1.807, 2.05) is 27.9 Å². The number of likely N-dealkylation sites (N-methyl/N-ethyl adjacent to an activating group) is 1. The van der Waals surface area contributed by atoms with E-state index in [1.165, 1.54) is 4.90 Å². The fourth-order valence-electron chi connectivity index (χ4n) is 1.61. The zero-order chi connectivity index (χ0) is 15.0.